The monoisotopic (exact) mass is 286 g/mol. The van der Waals surface area contributed by atoms with Gasteiger partial charge in [-0.2, -0.15) is 13.2 Å². The van der Waals surface area contributed by atoms with Crippen molar-refractivity contribution < 1.29 is 18.0 Å². The molecule has 0 aliphatic heterocycles. The number of benzene rings is 1. The lowest BCUT2D eigenvalue weighted by molar-refractivity contribution is -0.0886. The van der Waals surface area contributed by atoms with Crippen molar-refractivity contribution in [3.05, 3.63) is 34.9 Å². The fourth-order valence-corrected chi connectivity index (χ4v) is 2.33. The van der Waals surface area contributed by atoms with Gasteiger partial charge in [0.15, 0.2) is 0 Å². The van der Waals surface area contributed by atoms with Gasteiger partial charge in [0.25, 0.3) is 5.78 Å². The molecule has 112 valence electrons. The highest BCUT2D eigenvalue weighted by Gasteiger charge is 2.42. The smallest absolute Gasteiger partial charge is 0.284 e. The summed E-state index contributed by atoms with van der Waals surface area (Å²) in [6.07, 6.45) is -4.85. The van der Waals surface area contributed by atoms with E-state index in [1.165, 1.54) is 12.1 Å². The summed E-state index contributed by atoms with van der Waals surface area (Å²) in [6, 6.07) is 4.59. The van der Waals surface area contributed by atoms with Crippen molar-refractivity contribution in [3.63, 3.8) is 0 Å². The minimum Gasteiger partial charge on any atom is -0.284 e. The Morgan fingerprint density at radius 3 is 1.75 bits per heavy atom. The molecular formula is C16H21F3O. The van der Waals surface area contributed by atoms with Gasteiger partial charge in [0.1, 0.15) is 0 Å². The molecule has 0 saturated heterocycles. The number of halogens is 3. The zero-order chi connectivity index (χ0) is 15.9. The lowest BCUT2D eigenvalue weighted by Crippen LogP contribution is -2.30. The van der Waals surface area contributed by atoms with Crippen LogP contribution in [-0.2, 0) is 10.8 Å². The maximum atomic E-state index is 12.8. The van der Waals surface area contributed by atoms with E-state index in [-0.39, 0.29) is 11.0 Å². The SMILES string of the molecule is CC(C)(C)c1cccc(C(=O)C(F)(F)F)c1C(C)(C)C. The lowest BCUT2D eigenvalue weighted by atomic mass is 9.72. The van der Waals surface area contributed by atoms with Crippen molar-refractivity contribution in [1.29, 1.82) is 0 Å². The van der Waals surface area contributed by atoms with Gasteiger partial charge in [0, 0.05) is 5.56 Å². The van der Waals surface area contributed by atoms with Gasteiger partial charge in [-0.1, -0.05) is 59.7 Å². The first-order chi connectivity index (χ1) is 8.76. The lowest BCUT2D eigenvalue weighted by Gasteiger charge is -2.32. The predicted octanol–water partition coefficient (Wildman–Crippen LogP) is 5.03. The number of carbonyl (C=O) groups excluding carboxylic acids is 1. The van der Waals surface area contributed by atoms with Crippen molar-refractivity contribution in [2.75, 3.05) is 0 Å². The van der Waals surface area contributed by atoms with Crippen LogP contribution < -0.4 is 0 Å². The van der Waals surface area contributed by atoms with Crippen LogP contribution in [0, 0.1) is 0 Å². The number of hydrogen-bond acceptors (Lipinski definition) is 1. The van der Waals surface area contributed by atoms with Crippen LogP contribution in [0.4, 0.5) is 13.2 Å². The highest BCUT2D eigenvalue weighted by Crippen LogP contribution is 2.38. The number of ketones is 1. The Morgan fingerprint density at radius 1 is 0.900 bits per heavy atom. The average molecular weight is 286 g/mol. The minimum atomic E-state index is -4.85. The summed E-state index contributed by atoms with van der Waals surface area (Å²) >= 11 is 0. The van der Waals surface area contributed by atoms with E-state index in [9.17, 15) is 18.0 Å². The third kappa shape index (κ3) is 3.41. The minimum absolute atomic E-state index is 0.238. The van der Waals surface area contributed by atoms with Gasteiger partial charge in [0.05, 0.1) is 0 Å². The third-order valence-electron chi connectivity index (χ3n) is 3.12. The second-order valence-electron chi connectivity index (χ2n) is 7.06. The topological polar surface area (TPSA) is 17.1 Å². The molecule has 0 aromatic heterocycles. The standard InChI is InChI=1S/C16H21F3O/c1-14(2,3)11-9-7-8-10(12(11)15(4,5)6)13(20)16(17,18)19/h7-9H,1-6H3. The highest BCUT2D eigenvalue weighted by atomic mass is 19.4. The van der Waals surface area contributed by atoms with E-state index in [1.807, 2.05) is 41.5 Å². The first-order valence-electron chi connectivity index (χ1n) is 6.52. The van der Waals surface area contributed by atoms with Gasteiger partial charge in [-0.3, -0.25) is 4.79 Å². The predicted molar refractivity (Wildman–Crippen MR) is 74.2 cm³/mol. The Bertz CT molecular complexity index is 514. The fraction of sp³-hybridized carbons (Fsp3) is 0.562. The molecule has 0 N–H and O–H groups in total. The number of rotatable bonds is 1. The van der Waals surface area contributed by atoms with Crippen LogP contribution in [0.3, 0.4) is 0 Å². The molecule has 1 aromatic rings. The Kier molecular flexibility index (Phi) is 4.10. The van der Waals surface area contributed by atoms with Crippen LogP contribution in [0.5, 0.6) is 0 Å². The van der Waals surface area contributed by atoms with Gasteiger partial charge in [-0.25, -0.2) is 0 Å². The Labute approximate surface area is 118 Å². The van der Waals surface area contributed by atoms with Gasteiger partial charge in [-0.05, 0) is 22.0 Å². The fourth-order valence-electron chi connectivity index (χ4n) is 2.33. The molecule has 0 amide bonds. The Morgan fingerprint density at radius 2 is 1.40 bits per heavy atom. The second-order valence-corrected chi connectivity index (χ2v) is 7.06. The molecule has 1 rings (SSSR count). The van der Waals surface area contributed by atoms with Crippen molar-refractivity contribution >= 4 is 5.78 Å². The molecule has 0 atom stereocenters. The van der Waals surface area contributed by atoms with E-state index in [0.29, 0.717) is 5.56 Å². The maximum Gasteiger partial charge on any atom is 0.454 e. The molecule has 0 aliphatic carbocycles. The van der Waals surface area contributed by atoms with Crippen molar-refractivity contribution in [2.24, 2.45) is 0 Å². The van der Waals surface area contributed by atoms with E-state index in [2.05, 4.69) is 0 Å². The maximum absolute atomic E-state index is 12.8. The van der Waals surface area contributed by atoms with Crippen molar-refractivity contribution in [1.82, 2.24) is 0 Å². The third-order valence-corrected chi connectivity index (χ3v) is 3.12. The van der Waals surface area contributed by atoms with Crippen LogP contribution in [0.1, 0.15) is 63.0 Å². The molecule has 0 bridgehead atoms. The summed E-state index contributed by atoms with van der Waals surface area (Å²) in [6.45, 7) is 11.3. The molecule has 1 nitrogen and oxygen atoms in total. The summed E-state index contributed by atoms with van der Waals surface area (Å²) in [4.78, 5) is 11.7. The van der Waals surface area contributed by atoms with Gasteiger partial charge in [-0.15, -0.1) is 0 Å². The summed E-state index contributed by atoms with van der Waals surface area (Å²) < 4.78 is 38.3. The average Bonchev–Trinajstić information content (AvgIpc) is 2.23. The zero-order valence-corrected chi connectivity index (χ0v) is 12.8. The number of alkyl halides is 3. The van der Waals surface area contributed by atoms with Crippen LogP contribution in [0.25, 0.3) is 0 Å². The van der Waals surface area contributed by atoms with Crippen molar-refractivity contribution in [3.8, 4) is 0 Å². The van der Waals surface area contributed by atoms with E-state index in [4.69, 9.17) is 0 Å². The van der Waals surface area contributed by atoms with E-state index >= 15 is 0 Å². The quantitative estimate of drug-likeness (QED) is 0.662. The molecular weight excluding hydrogens is 265 g/mol. The van der Waals surface area contributed by atoms with Crippen LogP contribution >= 0.6 is 0 Å². The van der Waals surface area contributed by atoms with Crippen LogP contribution in [0.2, 0.25) is 0 Å². The molecule has 0 aliphatic rings. The van der Waals surface area contributed by atoms with Crippen LogP contribution in [0.15, 0.2) is 18.2 Å². The number of Topliss-reactive ketones (excluding diaryl/α,β-unsaturated/α-hetero) is 1. The normalized spacial score (nSPS) is 13.4. The van der Waals surface area contributed by atoms with Gasteiger partial charge in [0.2, 0.25) is 0 Å². The molecule has 0 fully saturated rings. The Balaban J connectivity index is 3.68. The first-order valence-corrected chi connectivity index (χ1v) is 6.52. The molecule has 20 heavy (non-hydrogen) atoms. The van der Waals surface area contributed by atoms with Gasteiger partial charge < -0.3 is 0 Å². The molecule has 1 aromatic carbocycles. The molecule has 0 spiro atoms. The Hall–Kier alpha value is -1.32. The summed E-state index contributed by atoms with van der Waals surface area (Å²) in [5.41, 5.74) is 0.150. The van der Waals surface area contributed by atoms with Crippen molar-refractivity contribution in [2.45, 2.75) is 58.5 Å². The number of carbonyl (C=O) groups is 1. The second kappa shape index (κ2) is 4.90. The molecule has 0 heterocycles. The molecule has 0 radical (unpaired) electrons. The van der Waals surface area contributed by atoms with E-state index < -0.39 is 17.4 Å². The first kappa shape index (κ1) is 16.7. The van der Waals surface area contributed by atoms with Gasteiger partial charge >= 0.3 is 6.18 Å². The van der Waals surface area contributed by atoms with E-state index in [0.717, 1.165) is 5.56 Å². The molecule has 4 heteroatoms. The molecule has 0 saturated carbocycles. The zero-order valence-electron chi connectivity index (χ0n) is 12.8. The van der Waals surface area contributed by atoms with Crippen LogP contribution in [-0.4, -0.2) is 12.0 Å². The summed E-state index contributed by atoms with van der Waals surface area (Å²) in [5, 5.41) is 0. The summed E-state index contributed by atoms with van der Waals surface area (Å²) in [5.74, 6) is -1.77. The largest absolute Gasteiger partial charge is 0.454 e. The summed E-state index contributed by atoms with van der Waals surface area (Å²) in [7, 11) is 0. The number of hydrogen-bond donors (Lipinski definition) is 0. The highest BCUT2D eigenvalue weighted by molar-refractivity contribution is 6.02. The van der Waals surface area contributed by atoms with E-state index in [1.54, 1.807) is 6.07 Å². The molecule has 0 unspecified atom stereocenters.